The van der Waals surface area contributed by atoms with E-state index in [1.807, 2.05) is 31.2 Å². The lowest BCUT2D eigenvalue weighted by molar-refractivity contribution is 0.251. The Morgan fingerprint density at radius 2 is 1.90 bits per heavy atom. The lowest BCUT2D eigenvalue weighted by Gasteiger charge is -2.21. The van der Waals surface area contributed by atoms with E-state index in [0.29, 0.717) is 0 Å². The highest BCUT2D eigenvalue weighted by Gasteiger charge is 2.12. The zero-order chi connectivity index (χ0) is 14.9. The van der Waals surface area contributed by atoms with Crippen LogP contribution in [0, 0.1) is 12.8 Å². The summed E-state index contributed by atoms with van der Waals surface area (Å²) in [6, 6.07) is 7.75. The summed E-state index contributed by atoms with van der Waals surface area (Å²) in [5.41, 5.74) is 1.97. The fourth-order valence-corrected chi connectivity index (χ4v) is 3.12. The molecule has 21 heavy (non-hydrogen) atoms. The van der Waals surface area contributed by atoms with Crippen molar-refractivity contribution < 1.29 is 4.79 Å². The topological polar surface area (TPSA) is 41.1 Å². The average Bonchev–Trinajstić information content (AvgIpc) is 2.50. The van der Waals surface area contributed by atoms with Gasteiger partial charge in [0.15, 0.2) is 0 Å². The highest BCUT2D eigenvalue weighted by molar-refractivity contribution is 5.89. The summed E-state index contributed by atoms with van der Waals surface area (Å²) in [5.74, 6) is 0.944. The molecule has 116 valence electrons. The highest BCUT2D eigenvalue weighted by atomic mass is 16.2. The van der Waals surface area contributed by atoms with Crippen LogP contribution in [0.15, 0.2) is 24.3 Å². The van der Waals surface area contributed by atoms with Gasteiger partial charge in [0.1, 0.15) is 0 Å². The van der Waals surface area contributed by atoms with Crippen LogP contribution in [0.1, 0.15) is 56.9 Å². The minimum atomic E-state index is -0.0954. The normalized spacial score (nSPS) is 15.7. The number of hydrogen-bond donors (Lipinski definition) is 2. The quantitative estimate of drug-likeness (QED) is 0.721. The van der Waals surface area contributed by atoms with Crippen molar-refractivity contribution in [3.8, 4) is 0 Å². The Balaban J connectivity index is 1.56. The highest BCUT2D eigenvalue weighted by Crippen LogP contribution is 2.27. The number of rotatable bonds is 6. The summed E-state index contributed by atoms with van der Waals surface area (Å²) in [6.07, 6.45) is 10.7. The number of amides is 2. The summed E-state index contributed by atoms with van der Waals surface area (Å²) in [6.45, 7) is 2.77. The van der Waals surface area contributed by atoms with E-state index in [9.17, 15) is 4.79 Å². The van der Waals surface area contributed by atoms with Gasteiger partial charge in [0.05, 0.1) is 0 Å². The van der Waals surface area contributed by atoms with Crippen molar-refractivity contribution in [3.63, 3.8) is 0 Å². The third-order valence-electron chi connectivity index (χ3n) is 4.44. The first kappa shape index (κ1) is 15.9. The van der Waals surface area contributed by atoms with Crippen LogP contribution in [-0.4, -0.2) is 12.6 Å². The smallest absolute Gasteiger partial charge is 0.319 e. The van der Waals surface area contributed by atoms with Crippen LogP contribution in [-0.2, 0) is 0 Å². The molecule has 0 spiro atoms. The Morgan fingerprint density at radius 1 is 1.14 bits per heavy atom. The molecule has 0 bridgehead atoms. The zero-order valence-electron chi connectivity index (χ0n) is 13.2. The van der Waals surface area contributed by atoms with Crippen LogP contribution >= 0.6 is 0 Å². The number of carbonyl (C=O) groups is 1. The zero-order valence-corrected chi connectivity index (χ0v) is 13.2. The molecule has 0 aliphatic heterocycles. The molecule has 0 radical (unpaired) electrons. The summed E-state index contributed by atoms with van der Waals surface area (Å²) in [7, 11) is 0. The minimum Gasteiger partial charge on any atom is -0.338 e. The molecule has 0 heterocycles. The average molecular weight is 288 g/mol. The van der Waals surface area contributed by atoms with Crippen molar-refractivity contribution in [1.82, 2.24) is 5.32 Å². The van der Waals surface area contributed by atoms with Gasteiger partial charge in [-0.15, -0.1) is 0 Å². The van der Waals surface area contributed by atoms with E-state index in [2.05, 4.69) is 10.6 Å². The Labute approximate surface area is 128 Å². The van der Waals surface area contributed by atoms with Gasteiger partial charge in [-0.25, -0.2) is 4.79 Å². The molecular formula is C18H28N2O. The maximum Gasteiger partial charge on any atom is 0.319 e. The third kappa shape index (κ3) is 5.78. The number of nitrogens with one attached hydrogen (secondary N) is 2. The molecule has 2 amide bonds. The van der Waals surface area contributed by atoms with Gasteiger partial charge in [-0.1, -0.05) is 63.1 Å². The molecule has 2 rings (SSSR count). The van der Waals surface area contributed by atoms with Gasteiger partial charge in [0.2, 0.25) is 0 Å². The van der Waals surface area contributed by atoms with Gasteiger partial charge >= 0.3 is 6.03 Å². The molecular weight excluding hydrogens is 260 g/mol. The molecule has 2 N–H and O–H groups in total. The SMILES string of the molecule is Cc1ccccc1NC(=O)NCCCCC1CCCCC1. The van der Waals surface area contributed by atoms with Gasteiger partial charge in [0, 0.05) is 12.2 Å². The van der Waals surface area contributed by atoms with E-state index in [4.69, 9.17) is 0 Å². The molecule has 1 saturated carbocycles. The first-order valence-electron chi connectivity index (χ1n) is 8.36. The van der Waals surface area contributed by atoms with E-state index in [1.165, 1.54) is 44.9 Å². The van der Waals surface area contributed by atoms with Crippen molar-refractivity contribution >= 4 is 11.7 Å². The molecule has 1 aromatic rings. The second kappa shape index (κ2) is 8.71. The van der Waals surface area contributed by atoms with E-state index in [1.54, 1.807) is 0 Å². The lowest BCUT2D eigenvalue weighted by Crippen LogP contribution is -2.29. The maximum atomic E-state index is 11.8. The van der Waals surface area contributed by atoms with E-state index in [-0.39, 0.29) is 6.03 Å². The second-order valence-electron chi connectivity index (χ2n) is 6.20. The lowest BCUT2D eigenvalue weighted by atomic mass is 9.86. The van der Waals surface area contributed by atoms with Crippen molar-refractivity contribution in [2.75, 3.05) is 11.9 Å². The number of aryl methyl sites for hydroxylation is 1. The van der Waals surface area contributed by atoms with Gasteiger partial charge in [0.25, 0.3) is 0 Å². The van der Waals surface area contributed by atoms with Crippen molar-refractivity contribution in [3.05, 3.63) is 29.8 Å². The molecule has 1 aliphatic carbocycles. The standard InChI is InChI=1S/C18H28N2O/c1-15-9-5-6-13-17(15)20-18(21)19-14-8-7-12-16-10-3-2-4-11-16/h5-6,9,13,16H,2-4,7-8,10-12,14H2,1H3,(H2,19,20,21). The molecule has 0 aromatic heterocycles. The molecule has 0 unspecified atom stereocenters. The number of hydrogen-bond acceptors (Lipinski definition) is 1. The number of anilines is 1. The van der Waals surface area contributed by atoms with Crippen LogP contribution in [0.3, 0.4) is 0 Å². The van der Waals surface area contributed by atoms with Crippen molar-refractivity contribution in [1.29, 1.82) is 0 Å². The molecule has 0 atom stereocenters. The summed E-state index contributed by atoms with van der Waals surface area (Å²) in [5, 5.41) is 5.85. The predicted octanol–water partition coefficient (Wildman–Crippen LogP) is 4.87. The van der Waals surface area contributed by atoms with Crippen LogP contribution in [0.2, 0.25) is 0 Å². The Morgan fingerprint density at radius 3 is 2.67 bits per heavy atom. The first-order chi connectivity index (χ1) is 10.3. The number of para-hydroxylation sites is 1. The summed E-state index contributed by atoms with van der Waals surface area (Å²) < 4.78 is 0. The minimum absolute atomic E-state index is 0.0954. The largest absolute Gasteiger partial charge is 0.338 e. The van der Waals surface area contributed by atoms with Gasteiger partial charge < -0.3 is 10.6 Å². The van der Waals surface area contributed by atoms with Crippen molar-refractivity contribution in [2.24, 2.45) is 5.92 Å². The number of benzene rings is 1. The van der Waals surface area contributed by atoms with E-state index < -0.39 is 0 Å². The van der Waals surface area contributed by atoms with Crippen LogP contribution in [0.5, 0.6) is 0 Å². The van der Waals surface area contributed by atoms with Gasteiger partial charge in [-0.3, -0.25) is 0 Å². The number of carbonyl (C=O) groups excluding carboxylic acids is 1. The Bertz CT molecular complexity index is 439. The fraction of sp³-hybridized carbons (Fsp3) is 0.611. The first-order valence-corrected chi connectivity index (χ1v) is 8.36. The number of unbranched alkanes of at least 4 members (excludes halogenated alkanes) is 1. The molecule has 1 aliphatic rings. The molecule has 0 saturated heterocycles. The number of urea groups is 1. The van der Waals surface area contributed by atoms with Crippen molar-refractivity contribution in [2.45, 2.75) is 58.3 Å². The maximum absolute atomic E-state index is 11.8. The Hall–Kier alpha value is -1.51. The summed E-state index contributed by atoms with van der Waals surface area (Å²) >= 11 is 0. The van der Waals surface area contributed by atoms with Gasteiger partial charge in [-0.2, -0.15) is 0 Å². The second-order valence-corrected chi connectivity index (χ2v) is 6.20. The molecule has 3 heteroatoms. The van der Waals surface area contributed by atoms with E-state index >= 15 is 0 Å². The molecule has 1 aromatic carbocycles. The predicted molar refractivity (Wildman–Crippen MR) is 88.6 cm³/mol. The van der Waals surface area contributed by atoms with Gasteiger partial charge in [-0.05, 0) is 30.9 Å². The van der Waals surface area contributed by atoms with Crippen LogP contribution in [0.25, 0.3) is 0 Å². The van der Waals surface area contributed by atoms with Crippen LogP contribution in [0.4, 0.5) is 10.5 Å². The monoisotopic (exact) mass is 288 g/mol. The molecule has 3 nitrogen and oxygen atoms in total. The molecule has 1 fully saturated rings. The van der Waals surface area contributed by atoms with Crippen LogP contribution < -0.4 is 10.6 Å². The fourth-order valence-electron chi connectivity index (χ4n) is 3.12. The summed E-state index contributed by atoms with van der Waals surface area (Å²) in [4.78, 5) is 11.8. The van der Waals surface area contributed by atoms with E-state index in [0.717, 1.165) is 30.1 Å². The Kier molecular flexibility index (Phi) is 6.58. The third-order valence-corrected chi connectivity index (χ3v) is 4.44.